The first-order chi connectivity index (χ1) is 19.3. The van der Waals surface area contributed by atoms with Crippen molar-refractivity contribution in [1.29, 1.82) is 0 Å². The molecule has 4 atom stereocenters. The highest BCUT2D eigenvalue weighted by atomic mass is 16.6. The molecule has 0 aromatic rings. The van der Waals surface area contributed by atoms with Crippen LogP contribution in [0.1, 0.15) is 53.4 Å². The van der Waals surface area contributed by atoms with E-state index >= 15 is 0 Å². The number of methoxy groups -OCH3 is 2. The van der Waals surface area contributed by atoms with Crippen LogP contribution in [0.3, 0.4) is 0 Å². The Bertz CT molecular complexity index is 549. The van der Waals surface area contributed by atoms with Gasteiger partial charge in [0, 0.05) is 39.4 Å². The van der Waals surface area contributed by atoms with Crippen LogP contribution >= 0.6 is 0 Å². The van der Waals surface area contributed by atoms with Crippen molar-refractivity contribution in [2.75, 3.05) is 93.4 Å². The minimum atomic E-state index is -0.255. The molecule has 40 heavy (non-hydrogen) atoms. The molecular formula is C28H56N2O10. The summed E-state index contributed by atoms with van der Waals surface area (Å²) in [5, 5.41) is 6.50. The zero-order valence-electron chi connectivity index (χ0n) is 25.7. The van der Waals surface area contributed by atoms with Gasteiger partial charge in [-0.05, 0) is 40.5 Å². The van der Waals surface area contributed by atoms with E-state index < -0.39 is 0 Å². The van der Waals surface area contributed by atoms with Gasteiger partial charge in [-0.1, -0.05) is 0 Å². The topological polar surface area (TPSA) is 132 Å². The van der Waals surface area contributed by atoms with Gasteiger partial charge in [0.05, 0.1) is 91.1 Å². The van der Waals surface area contributed by atoms with E-state index in [1.165, 1.54) is 0 Å². The van der Waals surface area contributed by atoms with E-state index in [4.69, 9.17) is 37.9 Å². The van der Waals surface area contributed by atoms with E-state index in [0.29, 0.717) is 92.0 Å². The maximum atomic E-state index is 11.9. The molecule has 0 aliphatic heterocycles. The summed E-state index contributed by atoms with van der Waals surface area (Å²) in [5.74, 6) is -0.510. The summed E-state index contributed by atoms with van der Waals surface area (Å²) in [6.07, 6.45) is 1.83. The van der Waals surface area contributed by atoms with Gasteiger partial charge in [-0.2, -0.15) is 0 Å². The molecule has 0 radical (unpaired) electrons. The number of hydrogen-bond donors (Lipinski definition) is 2. The Kier molecular flexibility index (Phi) is 26.8. The molecule has 0 amide bonds. The second kappa shape index (κ2) is 27.8. The van der Waals surface area contributed by atoms with E-state index in [0.717, 1.165) is 0 Å². The zero-order valence-corrected chi connectivity index (χ0v) is 25.7. The number of esters is 2. The molecular weight excluding hydrogens is 524 g/mol. The minimum Gasteiger partial charge on any atom is -0.466 e. The van der Waals surface area contributed by atoms with E-state index in [1.54, 1.807) is 14.2 Å². The Hall–Kier alpha value is -1.38. The Labute approximate surface area is 241 Å². The van der Waals surface area contributed by atoms with Crippen LogP contribution in [0.2, 0.25) is 0 Å². The predicted molar refractivity (Wildman–Crippen MR) is 152 cm³/mol. The Morgan fingerprint density at radius 2 is 0.975 bits per heavy atom. The number of hydrogen-bond acceptors (Lipinski definition) is 12. The third kappa shape index (κ3) is 26.8. The lowest BCUT2D eigenvalue weighted by Gasteiger charge is -2.18. The van der Waals surface area contributed by atoms with Gasteiger partial charge in [-0.25, -0.2) is 0 Å². The van der Waals surface area contributed by atoms with Crippen LogP contribution in [-0.4, -0.2) is 130 Å². The molecule has 0 bridgehead atoms. The fourth-order valence-corrected chi connectivity index (χ4v) is 3.18. The number of nitrogens with one attached hydrogen (secondary N) is 2. The van der Waals surface area contributed by atoms with Crippen LogP contribution in [0.5, 0.6) is 0 Å². The molecule has 0 heterocycles. The lowest BCUT2D eigenvalue weighted by molar-refractivity contribution is -0.146. The summed E-state index contributed by atoms with van der Waals surface area (Å²) in [5.41, 5.74) is 0. The number of ether oxygens (including phenoxy) is 8. The van der Waals surface area contributed by atoms with Crippen LogP contribution < -0.4 is 10.6 Å². The molecule has 0 saturated carbocycles. The maximum Gasteiger partial charge on any atom is 0.307 e. The van der Waals surface area contributed by atoms with Crippen molar-refractivity contribution in [3.8, 4) is 0 Å². The second-order valence-corrected chi connectivity index (χ2v) is 9.78. The largest absolute Gasteiger partial charge is 0.466 e. The highest BCUT2D eigenvalue weighted by Crippen LogP contribution is 1.99. The van der Waals surface area contributed by atoms with Crippen molar-refractivity contribution in [2.24, 2.45) is 0 Å². The van der Waals surface area contributed by atoms with Crippen LogP contribution in [0.15, 0.2) is 0 Å². The molecule has 0 rings (SSSR count). The summed E-state index contributed by atoms with van der Waals surface area (Å²) in [6.45, 7) is 13.9. The van der Waals surface area contributed by atoms with Crippen molar-refractivity contribution in [1.82, 2.24) is 10.6 Å². The zero-order chi connectivity index (χ0) is 29.8. The highest BCUT2D eigenvalue weighted by Gasteiger charge is 2.10. The van der Waals surface area contributed by atoms with Gasteiger partial charge in [0.25, 0.3) is 0 Å². The van der Waals surface area contributed by atoms with Gasteiger partial charge < -0.3 is 48.5 Å². The van der Waals surface area contributed by atoms with Crippen LogP contribution in [0.4, 0.5) is 0 Å². The number of unbranched alkanes of at least 4 members (excludes halogenated alkanes) is 1. The van der Waals surface area contributed by atoms with E-state index in [-0.39, 0.29) is 49.1 Å². The minimum absolute atomic E-state index is 0.0114. The van der Waals surface area contributed by atoms with E-state index in [1.807, 2.05) is 27.7 Å². The average molecular weight is 581 g/mol. The summed E-state index contributed by atoms with van der Waals surface area (Å²) in [4.78, 5) is 23.8. The smallest absolute Gasteiger partial charge is 0.307 e. The summed E-state index contributed by atoms with van der Waals surface area (Å²) >= 11 is 0. The Morgan fingerprint density at radius 3 is 1.35 bits per heavy atom. The third-order valence-electron chi connectivity index (χ3n) is 5.54. The molecule has 0 aliphatic carbocycles. The predicted octanol–water partition coefficient (Wildman–Crippen LogP) is 1.73. The van der Waals surface area contributed by atoms with Crippen molar-refractivity contribution < 1.29 is 47.5 Å². The first-order valence-corrected chi connectivity index (χ1v) is 14.4. The first kappa shape index (κ1) is 38.6. The van der Waals surface area contributed by atoms with Crippen molar-refractivity contribution in [3.05, 3.63) is 0 Å². The Morgan fingerprint density at radius 1 is 0.575 bits per heavy atom. The normalized spacial score (nSPS) is 14.4. The van der Waals surface area contributed by atoms with Crippen LogP contribution in [0, 0.1) is 0 Å². The lowest BCUT2D eigenvalue weighted by atomic mass is 10.3. The van der Waals surface area contributed by atoms with Gasteiger partial charge in [-0.15, -0.1) is 0 Å². The van der Waals surface area contributed by atoms with E-state index in [9.17, 15) is 9.59 Å². The quantitative estimate of drug-likeness (QED) is 0.0986. The number of carbonyl (C=O) groups is 2. The van der Waals surface area contributed by atoms with Crippen molar-refractivity contribution >= 4 is 11.9 Å². The van der Waals surface area contributed by atoms with Gasteiger partial charge in [0.1, 0.15) is 0 Å². The third-order valence-corrected chi connectivity index (χ3v) is 5.54. The molecule has 12 heteroatoms. The second-order valence-electron chi connectivity index (χ2n) is 9.78. The summed E-state index contributed by atoms with van der Waals surface area (Å²) < 4.78 is 42.7. The molecule has 238 valence electrons. The molecule has 0 spiro atoms. The fourth-order valence-electron chi connectivity index (χ4n) is 3.18. The monoisotopic (exact) mass is 580 g/mol. The van der Waals surface area contributed by atoms with Crippen LogP contribution in [-0.2, 0) is 47.5 Å². The van der Waals surface area contributed by atoms with Gasteiger partial charge in [0.15, 0.2) is 0 Å². The SMILES string of the molecule is COCCOCC(C)OCC(C)NCCC(=O)OCCCCOC(=O)CCNC(C)COC(C)COCCOC. The van der Waals surface area contributed by atoms with E-state index in [2.05, 4.69) is 10.6 Å². The molecule has 0 fully saturated rings. The van der Waals surface area contributed by atoms with Crippen molar-refractivity contribution in [2.45, 2.75) is 77.7 Å². The Balaban J connectivity index is 3.59. The fraction of sp³-hybridized carbons (Fsp3) is 0.929. The summed E-state index contributed by atoms with van der Waals surface area (Å²) in [7, 11) is 3.27. The van der Waals surface area contributed by atoms with Gasteiger partial charge in [-0.3, -0.25) is 9.59 Å². The summed E-state index contributed by atoms with van der Waals surface area (Å²) in [6, 6.07) is 0.214. The first-order valence-electron chi connectivity index (χ1n) is 14.4. The molecule has 0 aromatic heterocycles. The van der Waals surface area contributed by atoms with Gasteiger partial charge in [0.2, 0.25) is 0 Å². The average Bonchev–Trinajstić information content (AvgIpc) is 2.93. The molecule has 2 N–H and O–H groups in total. The molecule has 12 nitrogen and oxygen atoms in total. The molecule has 0 saturated heterocycles. The van der Waals surface area contributed by atoms with Crippen LogP contribution in [0.25, 0.3) is 0 Å². The molecule has 0 aromatic carbocycles. The lowest BCUT2D eigenvalue weighted by Crippen LogP contribution is -2.34. The number of rotatable bonds is 29. The highest BCUT2D eigenvalue weighted by molar-refractivity contribution is 5.69. The van der Waals surface area contributed by atoms with Crippen molar-refractivity contribution in [3.63, 3.8) is 0 Å². The standard InChI is InChI=1S/C28H56N2O10/c1-23(19-39-25(3)21-35-17-15-33-5)29-11-9-27(31)37-13-7-8-14-38-28(32)10-12-30-24(2)20-40-26(4)22-36-18-16-34-6/h23-26,29-30H,7-22H2,1-6H3. The van der Waals surface area contributed by atoms with Gasteiger partial charge >= 0.3 is 11.9 Å². The molecule has 4 unspecified atom stereocenters. The molecule has 0 aliphatic rings. The number of carbonyl (C=O) groups excluding carboxylic acids is 2. The maximum absolute atomic E-state index is 11.9.